The molecule has 0 amide bonds. The molecule has 13 heavy (non-hydrogen) atoms. The first-order chi connectivity index (χ1) is 6.26. The van der Waals surface area contributed by atoms with Gasteiger partial charge in [0.25, 0.3) is 0 Å². The van der Waals surface area contributed by atoms with Gasteiger partial charge < -0.3 is 9.84 Å². The van der Waals surface area contributed by atoms with E-state index in [1.54, 1.807) is 0 Å². The average molecular weight is 187 g/mol. The maximum atomic E-state index is 8.97. The van der Waals surface area contributed by atoms with Crippen molar-refractivity contribution in [3.8, 4) is 0 Å². The van der Waals surface area contributed by atoms with E-state index in [1.165, 1.54) is 0 Å². The van der Waals surface area contributed by atoms with Crippen LogP contribution in [0.4, 0.5) is 0 Å². The average Bonchev–Trinajstić information content (AvgIpc) is 2.50. The minimum atomic E-state index is -0.142. The molecule has 1 fully saturated rings. The van der Waals surface area contributed by atoms with E-state index in [9.17, 15) is 0 Å². The van der Waals surface area contributed by atoms with Gasteiger partial charge in [-0.15, -0.1) is 0 Å². The smallest absolute Gasteiger partial charge is 0.119 e. The molecule has 0 spiro atoms. The van der Waals surface area contributed by atoms with E-state index in [2.05, 4.69) is 19.2 Å². The fourth-order valence-electron chi connectivity index (χ4n) is 2.03. The second kappa shape index (κ2) is 4.94. The van der Waals surface area contributed by atoms with Crippen molar-refractivity contribution < 1.29 is 9.84 Å². The Hall–Kier alpha value is -0.120. The lowest BCUT2D eigenvalue weighted by molar-refractivity contribution is -0.0763. The Balaban J connectivity index is 2.49. The summed E-state index contributed by atoms with van der Waals surface area (Å²) < 4.78 is 5.82. The van der Waals surface area contributed by atoms with Gasteiger partial charge in [-0.3, -0.25) is 5.32 Å². The van der Waals surface area contributed by atoms with E-state index >= 15 is 0 Å². The Morgan fingerprint density at radius 3 is 2.38 bits per heavy atom. The lowest BCUT2D eigenvalue weighted by Crippen LogP contribution is -2.40. The third-order valence-electron chi connectivity index (χ3n) is 2.56. The van der Waals surface area contributed by atoms with Crippen molar-refractivity contribution in [2.45, 2.75) is 51.4 Å². The van der Waals surface area contributed by atoms with Gasteiger partial charge in [-0.25, -0.2) is 0 Å². The number of hydrogen-bond acceptors (Lipinski definition) is 3. The van der Waals surface area contributed by atoms with E-state index in [4.69, 9.17) is 9.84 Å². The zero-order valence-corrected chi connectivity index (χ0v) is 8.68. The first kappa shape index (κ1) is 11.0. The number of rotatable bonds is 5. The summed E-state index contributed by atoms with van der Waals surface area (Å²) in [6.07, 6.45) is 4.31. The molecule has 0 aromatic heterocycles. The van der Waals surface area contributed by atoms with E-state index < -0.39 is 0 Å². The van der Waals surface area contributed by atoms with E-state index in [1.807, 2.05) is 0 Å². The van der Waals surface area contributed by atoms with Crippen molar-refractivity contribution in [3.05, 3.63) is 0 Å². The summed E-state index contributed by atoms with van der Waals surface area (Å²) in [5.41, 5.74) is -0.142. The lowest BCUT2D eigenvalue weighted by Gasteiger charge is -2.28. The van der Waals surface area contributed by atoms with Gasteiger partial charge in [0.1, 0.15) is 5.72 Å². The fourth-order valence-corrected chi connectivity index (χ4v) is 2.03. The Morgan fingerprint density at radius 2 is 2.00 bits per heavy atom. The molecule has 0 aromatic rings. The van der Waals surface area contributed by atoms with Crippen molar-refractivity contribution >= 4 is 0 Å². The van der Waals surface area contributed by atoms with Crippen LogP contribution in [0.5, 0.6) is 0 Å². The van der Waals surface area contributed by atoms with Gasteiger partial charge in [0.05, 0.1) is 12.7 Å². The van der Waals surface area contributed by atoms with Crippen LogP contribution < -0.4 is 5.32 Å². The molecular formula is C10H21NO2. The molecule has 0 bridgehead atoms. The van der Waals surface area contributed by atoms with Crippen molar-refractivity contribution in [3.63, 3.8) is 0 Å². The van der Waals surface area contributed by atoms with Crippen LogP contribution in [0.3, 0.4) is 0 Å². The molecule has 1 rings (SSSR count). The van der Waals surface area contributed by atoms with Crippen molar-refractivity contribution in [2.24, 2.45) is 0 Å². The Labute approximate surface area is 80.5 Å². The summed E-state index contributed by atoms with van der Waals surface area (Å²) >= 11 is 0. The van der Waals surface area contributed by atoms with Crippen molar-refractivity contribution in [1.82, 2.24) is 5.32 Å². The highest BCUT2D eigenvalue weighted by Gasteiger charge is 2.37. The van der Waals surface area contributed by atoms with E-state index in [0.717, 1.165) is 32.2 Å². The standard InChI is InChI=1S/C10H21NO2/c1-3-5-10(6-4-2)11-7-9(8-12)13-10/h9,11-12H,3-8H2,1-2H3. The van der Waals surface area contributed by atoms with Crippen LogP contribution in [0.25, 0.3) is 0 Å². The zero-order valence-electron chi connectivity index (χ0n) is 8.68. The van der Waals surface area contributed by atoms with Gasteiger partial charge >= 0.3 is 0 Å². The Kier molecular flexibility index (Phi) is 4.16. The quantitative estimate of drug-likeness (QED) is 0.681. The Morgan fingerprint density at radius 1 is 1.38 bits per heavy atom. The minimum absolute atomic E-state index is 0.00176. The van der Waals surface area contributed by atoms with E-state index in [0.29, 0.717) is 0 Å². The van der Waals surface area contributed by atoms with Crippen LogP contribution in [0.2, 0.25) is 0 Å². The fraction of sp³-hybridized carbons (Fsp3) is 1.00. The molecule has 3 heteroatoms. The van der Waals surface area contributed by atoms with Crippen LogP contribution in [0.15, 0.2) is 0 Å². The summed E-state index contributed by atoms with van der Waals surface area (Å²) in [6.45, 7) is 5.24. The molecular weight excluding hydrogens is 166 g/mol. The molecule has 1 saturated heterocycles. The summed E-state index contributed by atoms with van der Waals surface area (Å²) in [4.78, 5) is 0. The highest BCUT2D eigenvalue weighted by Crippen LogP contribution is 2.27. The zero-order chi connectivity index (χ0) is 9.73. The Bertz CT molecular complexity index is 144. The highest BCUT2D eigenvalue weighted by atomic mass is 16.5. The minimum Gasteiger partial charge on any atom is -0.394 e. The molecule has 1 atom stereocenters. The van der Waals surface area contributed by atoms with E-state index in [-0.39, 0.29) is 18.4 Å². The molecule has 78 valence electrons. The molecule has 3 nitrogen and oxygen atoms in total. The second-order valence-electron chi connectivity index (χ2n) is 3.80. The summed E-state index contributed by atoms with van der Waals surface area (Å²) in [6, 6.07) is 0. The summed E-state index contributed by atoms with van der Waals surface area (Å²) in [7, 11) is 0. The van der Waals surface area contributed by atoms with Crippen LogP contribution >= 0.6 is 0 Å². The van der Waals surface area contributed by atoms with Gasteiger partial charge in [0, 0.05) is 6.54 Å². The van der Waals surface area contributed by atoms with Gasteiger partial charge in [0.15, 0.2) is 0 Å². The normalized spacial score (nSPS) is 26.5. The molecule has 1 aliphatic rings. The summed E-state index contributed by atoms with van der Waals surface area (Å²) in [5, 5.41) is 12.4. The first-order valence-corrected chi connectivity index (χ1v) is 5.30. The third kappa shape index (κ3) is 2.66. The maximum absolute atomic E-state index is 8.97. The predicted octanol–water partition coefficient (Wildman–Crippen LogP) is 1.26. The maximum Gasteiger partial charge on any atom is 0.119 e. The molecule has 0 radical (unpaired) electrons. The number of aliphatic hydroxyl groups excluding tert-OH is 1. The summed E-state index contributed by atoms with van der Waals surface area (Å²) in [5.74, 6) is 0. The number of hydrogen-bond donors (Lipinski definition) is 2. The van der Waals surface area contributed by atoms with Crippen molar-refractivity contribution in [1.29, 1.82) is 0 Å². The molecule has 1 aliphatic heterocycles. The molecule has 0 aromatic carbocycles. The lowest BCUT2D eigenvalue weighted by atomic mass is 10.0. The van der Waals surface area contributed by atoms with Gasteiger partial charge in [0.2, 0.25) is 0 Å². The molecule has 2 N–H and O–H groups in total. The number of nitrogens with one attached hydrogen (secondary N) is 1. The third-order valence-corrected chi connectivity index (χ3v) is 2.56. The van der Waals surface area contributed by atoms with Crippen LogP contribution in [0, 0.1) is 0 Å². The predicted molar refractivity (Wildman–Crippen MR) is 52.5 cm³/mol. The largest absolute Gasteiger partial charge is 0.394 e. The first-order valence-electron chi connectivity index (χ1n) is 5.30. The topological polar surface area (TPSA) is 41.5 Å². The SMILES string of the molecule is CCCC1(CCC)NCC(CO)O1. The van der Waals surface area contributed by atoms with Gasteiger partial charge in [-0.1, -0.05) is 26.7 Å². The number of ether oxygens (including phenoxy) is 1. The van der Waals surface area contributed by atoms with Gasteiger partial charge in [-0.2, -0.15) is 0 Å². The molecule has 1 unspecified atom stereocenters. The molecule has 0 saturated carbocycles. The van der Waals surface area contributed by atoms with Crippen molar-refractivity contribution in [2.75, 3.05) is 13.2 Å². The van der Waals surface area contributed by atoms with Crippen LogP contribution in [0.1, 0.15) is 39.5 Å². The monoisotopic (exact) mass is 187 g/mol. The van der Waals surface area contributed by atoms with Crippen LogP contribution in [-0.4, -0.2) is 30.1 Å². The van der Waals surface area contributed by atoms with Gasteiger partial charge in [-0.05, 0) is 12.8 Å². The second-order valence-corrected chi connectivity index (χ2v) is 3.80. The molecule has 1 heterocycles. The molecule has 0 aliphatic carbocycles. The highest BCUT2D eigenvalue weighted by molar-refractivity contribution is 4.86. The van der Waals surface area contributed by atoms with Crippen LogP contribution in [-0.2, 0) is 4.74 Å². The number of aliphatic hydroxyl groups is 1.